The summed E-state index contributed by atoms with van der Waals surface area (Å²) in [6, 6.07) is 1.33. The molecule has 0 aromatic carbocycles. The van der Waals surface area contributed by atoms with Gasteiger partial charge in [-0.25, -0.2) is 22.9 Å². The van der Waals surface area contributed by atoms with Crippen LogP contribution in [0.5, 0.6) is 0 Å². The van der Waals surface area contributed by atoms with E-state index in [2.05, 4.69) is 19.7 Å². The van der Waals surface area contributed by atoms with Gasteiger partial charge in [0.2, 0.25) is 10.0 Å². The van der Waals surface area contributed by atoms with Gasteiger partial charge in [-0.05, 0) is 17.7 Å². The first-order chi connectivity index (χ1) is 9.97. The summed E-state index contributed by atoms with van der Waals surface area (Å²) in [4.78, 5) is 20.9. The maximum absolute atomic E-state index is 12.1. The van der Waals surface area contributed by atoms with Gasteiger partial charge in [0.25, 0.3) is 0 Å². The molecule has 0 saturated carbocycles. The standard InChI is InChI=1S/C12H12N4O4S/c17-12(18)2-1-9-5-10(7-13-6-9)21(19,20)16-8-11-14-3-4-15-11/h1-7,16H,8H2,(H,14,15)(H,17,18). The van der Waals surface area contributed by atoms with E-state index in [0.29, 0.717) is 11.4 Å². The smallest absolute Gasteiger partial charge is 0.328 e. The van der Waals surface area contributed by atoms with E-state index in [4.69, 9.17) is 5.11 Å². The molecule has 9 heteroatoms. The molecule has 110 valence electrons. The highest BCUT2D eigenvalue weighted by molar-refractivity contribution is 7.89. The molecule has 0 saturated heterocycles. The topological polar surface area (TPSA) is 125 Å². The second-order valence-corrected chi connectivity index (χ2v) is 5.75. The number of nitrogens with zero attached hydrogens (tertiary/aromatic N) is 2. The van der Waals surface area contributed by atoms with Crippen LogP contribution in [-0.4, -0.2) is 34.4 Å². The van der Waals surface area contributed by atoms with Crippen LogP contribution in [0.2, 0.25) is 0 Å². The number of sulfonamides is 1. The summed E-state index contributed by atoms with van der Waals surface area (Å²) in [5, 5.41) is 8.55. The minimum atomic E-state index is -3.75. The normalized spacial score (nSPS) is 11.8. The number of aliphatic carboxylic acids is 1. The van der Waals surface area contributed by atoms with Crippen LogP contribution < -0.4 is 4.72 Å². The van der Waals surface area contributed by atoms with Crippen molar-refractivity contribution < 1.29 is 18.3 Å². The molecular formula is C12H12N4O4S. The molecule has 21 heavy (non-hydrogen) atoms. The summed E-state index contributed by atoms with van der Waals surface area (Å²) in [6.45, 7) is 0.0184. The zero-order valence-electron chi connectivity index (χ0n) is 10.7. The summed E-state index contributed by atoms with van der Waals surface area (Å²) in [5.41, 5.74) is 0.373. The lowest BCUT2D eigenvalue weighted by atomic mass is 10.2. The number of aromatic nitrogens is 3. The Balaban J connectivity index is 2.16. The lowest BCUT2D eigenvalue weighted by molar-refractivity contribution is -0.131. The van der Waals surface area contributed by atoms with Crippen LogP contribution in [-0.2, 0) is 21.4 Å². The van der Waals surface area contributed by atoms with Crippen molar-refractivity contribution in [1.29, 1.82) is 0 Å². The Morgan fingerprint density at radius 1 is 1.43 bits per heavy atom. The lowest BCUT2D eigenvalue weighted by Gasteiger charge is -2.05. The fourth-order valence-corrected chi connectivity index (χ4v) is 2.47. The zero-order chi connectivity index (χ0) is 15.3. The van der Waals surface area contributed by atoms with E-state index in [1.54, 1.807) is 6.20 Å². The van der Waals surface area contributed by atoms with Crippen molar-refractivity contribution in [2.75, 3.05) is 0 Å². The van der Waals surface area contributed by atoms with Crippen LogP contribution in [0.3, 0.4) is 0 Å². The molecule has 0 radical (unpaired) electrons. The second kappa shape index (κ2) is 6.29. The van der Waals surface area contributed by atoms with Gasteiger partial charge in [-0.3, -0.25) is 4.98 Å². The van der Waals surface area contributed by atoms with Gasteiger partial charge in [0, 0.05) is 30.9 Å². The van der Waals surface area contributed by atoms with E-state index in [1.807, 2.05) is 0 Å². The highest BCUT2D eigenvalue weighted by Crippen LogP contribution is 2.11. The summed E-state index contributed by atoms with van der Waals surface area (Å²) in [7, 11) is -3.75. The van der Waals surface area contributed by atoms with Gasteiger partial charge >= 0.3 is 5.97 Å². The molecule has 3 N–H and O–H groups in total. The van der Waals surface area contributed by atoms with Gasteiger partial charge in [-0.1, -0.05) is 0 Å². The highest BCUT2D eigenvalue weighted by atomic mass is 32.2. The maximum Gasteiger partial charge on any atom is 0.328 e. The fourth-order valence-electron chi connectivity index (χ4n) is 1.48. The van der Waals surface area contributed by atoms with E-state index >= 15 is 0 Å². The van der Waals surface area contributed by atoms with E-state index in [1.165, 1.54) is 30.7 Å². The molecule has 2 aromatic heterocycles. The Hall–Kier alpha value is -2.52. The molecule has 2 aromatic rings. The molecule has 0 aliphatic heterocycles. The summed E-state index contributed by atoms with van der Waals surface area (Å²) in [5.74, 6) is -0.646. The highest BCUT2D eigenvalue weighted by Gasteiger charge is 2.15. The monoisotopic (exact) mass is 308 g/mol. The van der Waals surface area contributed by atoms with Crippen molar-refractivity contribution in [1.82, 2.24) is 19.7 Å². The summed E-state index contributed by atoms with van der Waals surface area (Å²) in [6.07, 6.45) is 7.82. The average Bonchev–Trinajstić information content (AvgIpc) is 2.97. The third-order valence-corrected chi connectivity index (χ3v) is 3.82. The quantitative estimate of drug-likeness (QED) is 0.662. The van der Waals surface area contributed by atoms with Crippen molar-refractivity contribution in [3.63, 3.8) is 0 Å². The van der Waals surface area contributed by atoms with Gasteiger partial charge in [0.15, 0.2) is 0 Å². The number of hydrogen-bond acceptors (Lipinski definition) is 5. The number of carbonyl (C=O) groups is 1. The molecule has 0 aliphatic rings. The molecule has 0 fully saturated rings. The molecule has 2 rings (SSSR count). The third-order valence-electron chi connectivity index (χ3n) is 2.45. The number of nitrogens with one attached hydrogen (secondary N) is 2. The van der Waals surface area contributed by atoms with Crippen molar-refractivity contribution in [3.05, 3.63) is 48.3 Å². The third kappa shape index (κ3) is 4.23. The van der Waals surface area contributed by atoms with Crippen LogP contribution >= 0.6 is 0 Å². The van der Waals surface area contributed by atoms with Crippen molar-refractivity contribution in [3.8, 4) is 0 Å². The van der Waals surface area contributed by atoms with Gasteiger partial charge in [-0.2, -0.15) is 0 Å². The molecule has 0 unspecified atom stereocenters. The van der Waals surface area contributed by atoms with E-state index in [0.717, 1.165) is 6.08 Å². The van der Waals surface area contributed by atoms with Crippen molar-refractivity contribution >= 4 is 22.1 Å². The predicted octanol–water partition coefficient (Wildman–Crippen LogP) is 0.381. The molecule has 2 heterocycles. The first-order valence-corrected chi connectivity index (χ1v) is 7.30. The largest absolute Gasteiger partial charge is 0.478 e. The Morgan fingerprint density at radius 3 is 2.90 bits per heavy atom. The Morgan fingerprint density at radius 2 is 2.24 bits per heavy atom. The Labute approximate surface area is 120 Å². The van der Waals surface area contributed by atoms with Gasteiger partial charge < -0.3 is 10.1 Å². The first kappa shape index (κ1) is 14.9. The van der Waals surface area contributed by atoms with Gasteiger partial charge in [-0.15, -0.1) is 0 Å². The first-order valence-electron chi connectivity index (χ1n) is 5.81. The minimum absolute atomic E-state index is 0.0184. The minimum Gasteiger partial charge on any atom is -0.478 e. The van der Waals surface area contributed by atoms with Crippen LogP contribution in [0.15, 0.2) is 41.8 Å². The molecular weight excluding hydrogens is 296 g/mol. The van der Waals surface area contributed by atoms with Crippen LogP contribution in [0.1, 0.15) is 11.4 Å². The average molecular weight is 308 g/mol. The summed E-state index contributed by atoms with van der Waals surface area (Å²) >= 11 is 0. The van der Waals surface area contributed by atoms with Crippen molar-refractivity contribution in [2.45, 2.75) is 11.4 Å². The number of H-pyrrole nitrogens is 1. The molecule has 0 spiro atoms. The number of carboxylic acid groups (broad SMARTS) is 1. The van der Waals surface area contributed by atoms with Gasteiger partial charge in [0.1, 0.15) is 10.7 Å². The SMILES string of the molecule is O=C(O)C=Cc1cncc(S(=O)(=O)NCc2ncc[nH]2)c1. The predicted molar refractivity (Wildman–Crippen MR) is 73.5 cm³/mol. The Kier molecular flexibility index (Phi) is 4.45. The van der Waals surface area contributed by atoms with Gasteiger partial charge in [0.05, 0.1) is 6.54 Å². The molecule has 0 aliphatic carbocycles. The molecule has 8 nitrogen and oxygen atoms in total. The van der Waals surface area contributed by atoms with Crippen LogP contribution in [0.25, 0.3) is 6.08 Å². The maximum atomic E-state index is 12.1. The number of rotatable bonds is 6. The van der Waals surface area contributed by atoms with E-state index < -0.39 is 16.0 Å². The van der Waals surface area contributed by atoms with Crippen molar-refractivity contribution in [2.24, 2.45) is 0 Å². The number of imidazole rings is 1. The van der Waals surface area contributed by atoms with Crippen LogP contribution in [0.4, 0.5) is 0 Å². The summed E-state index contributed by atoms with van der Waals surface area (Å²) < 4.78 is 26.5. The molecule has 0 amide bonds. The zero-order valence-corrected chi connectivity index (χ0v) is 11.5. The fraction of sp³-hybridized carbons (Fsp3) is 0.0833. The van der Waals surface area contributed by atoms with E-state index in [-0.39, 0.29) is 11.4 Å². The Bertz CT molecular complexity index is 753. The molecule has 0 atom stereocenters. The number of aromatic amines is 1. The second-order valence-electron chi connectivity index (χ2n) is 3.99. The number of carboxylic acids is 1. The molecule has 0 bridgehead atoms. The van der Waals surface area contributed by atoms with Crippen LogP contribution in [0, 0.1) is 0 Å². The number of pyridine rings is 1. The lowest BCUT2D eigenvalue weighted by Crippen LogP contribution is -2.24. The number of hydrogen-bond donors (Lipinski definition) is 3. The van der Waals surface area contributed by atoms with E-state index in [9.17, 15) is 13.2 Å².